The molecule has 1 aromatic carbocycles. The fourth-order valence-corrected chi connectivity index (χ4v) is 7.46. The van der Waals surface area contributed by atoms with Crippen LogP contribution in [-0.2, 0) is 40.3 Å². The summed E-state index contributed by atoms with van der Waals surface area (Å²) in [7, 11) is -2.65. The molecular formula is C30H48N4O9S. The largest absolute Gasteiger partial charge is 0.467 e. The second kappa shape index (κ2) is 16.6. The molecule has 6 N–H and O–H groups in total. The fourth-order valence-electron chi connectivity index (χ4n) is 6.05. The van der Waals surface area contributed by atoms with Crippen molar-refractivity contribution < 1.29 is 42.5 Å². The van der Waals surface area contributed by atoms with Crippen molar-refractivity contribution in [2.24, 2.45) is 17.4 Å². The van der Waals surface area contributed by atoms with Crippen molar-refractivity contribution in [2.45, 2.75) is 99.9 Å². The van der Waals surface area contributed by atoms with Crippen molar-refractivity contribution in [3.63, 3.8) is 0 Å². The van der Waals surface area contributed by atoms with Gasteiger partial charge in [-0.25, -0.2) is 13.2 Å². The highest BCUT2D eigenvalue weighted by Crippen LogP contribution is 2.32. The second-order valence-corrected chi connectivity index (χ2v) is 13.7. The minimum Gasteiger partial charge on any atom is -0.467 e. The molecule has 248 valence electrons. The zero-order valence-corrected chi connectivity index (χ0v) is 26.5. The Hall–Kier alpha value is -2.62. The number of morpholine rings is 1. The first-order chi connectivity index (χ1) is 20.9. The van der Waals surface area contributed by atoms with E-state index in [1.165, 1.54) is 16.4 Å². The molecule has 44 heavy (non-hydrogen) atoms. The number of aliphatic hydroxyl groups excluding tert-OH is 2. The van der Waals surface area contributed by atoms with E-state index in [1.54, 1.807) is 19.1 Å². The number of benzene rings is 1. The van der Waals surface area contributed by atoms with Gasteiger partial charge in [0.15, 0.2) is 0 Å². The summed E-state index contributed by atoms with van der Waals surface area (Å²) in [6.07, 6.45) is 3.09. The normalized spacial score (nSPS) is 20.2. The van der Waals surface area contributed by atoms with Crippen LogP contribution in [-0.4, -0.2) is 109 Å². The van der Waals surface area contributed by atoms with E-state index >= 15 is 0 Å². The Morgan fingerprint density at radius 3 is 2.25 bits per heavy atom. The molecule has 1 saturated heterocycles. The summed E-state index contributed by atoms with van der Waals surface area (Å²) in [6, 6.07) is 1.83. The molecular weight excluding hydrogens is 592 g/mol. The van der Waals surface area contributed by atoms with Gasteiger partial charge in [0, 0.05) is 19.5 Å². The predicted octanol–water partition coefficient (Wildman–Crippen LogP) is 0.294. The lowest BCUT2D eigenvalue weighted by Gasteiger charge is -2.41. The summed E-state index contributed by atoms with van der Waals surface area (Å²) in [5.41, 5.74) is 12.6. The van der Waals surface area contributed by atoms with E-state index in [-0.39, 0.29) is 43.2 Å². The molecule has 0 spiro atoms. The van der Waals surface area contributed by atoms with E-state index in [1.807, 2.05) is 0 Å². The first-order valence-electron chi connectivity index (χ1n) is 15.4. The maximum absolute atomic E-state index is 14.1. The average Bonchev–Trinajstić information content (AvgIpc) is 3.02. The van der Waals surface area contributed by atoms with Gasteiger partial charge in [0.2, 0.25) is 22.0 Å². The topological polar surface area (TPSA) is 203 Å². The predicted molar refractivity (Wildman–Crippen MR) is 161 cm³/mol. The van der Waals surface area contributed by atoms with Crippen LogP contribution in [0.15, 0.2) is 29.2 Å². The quantitative estimate of drug-likeness (QED) is 0.152. The second-order valence-electron chi connectivity index (χ2n) is 11.7. The van der Waals surface area contributed by atoms with Crippen LogP contribution in [0.2, 0.25) is 0 Å². The van der Waals surface area contributed by atoms with Gasteiger partial charge in [0.05, 0.1) is 49.5 Å². The molecule has 2 amide bonds. The molecule has 3 rings (SSSR count). The average molecular weight is 641 g/mol. The van der Waals surface area contributed by atoms with Crippen LogP contribution in [0.1, 0.15) is 63.9 Å². The number of hydrogen-bond donors (Lipinski definition) is 4. The van der Waals surface area contributed by atoms with Gasteiger partial charge in [0.25, 0.3) is 5.91 Å². The molecule has 0 radical (unpaired) electrons. The molecule has 14 heteroatoms. The number of sulfonamides is 1. The third kappa shape index (κ3) is 9.21. The van der Waals surface area contributed by atoms with E-state index in [4.69, 9.17) is 20.9 Å². The van der Waals surface area contributed by atoms with Crippen molar-refractivity contribution in [3.05, 3.63) is 29.8 Å². The van der Waals surface area contributed by atoms with Crippen LogP contribution in [0.25, 0.3) is 0 Å². The Morgan fingerprint density at radius 1 is 1.09 bits per heavy atom. The van der Waals surface area contributed by atoms with Gasteiger partial charge in [-0.1, -0.05) is 51.2 Å². The van der Waals surface area contributed by atoms with E-state index in [9.17, 15) is 33.0 Å². The number of methoxy groups -OCH3 is 1. The maximum Gasteiger partial charge on any atom is 0.338 e. The summed E-state index contributed by atoms with van der Waals surface area (Å²) >= 11 is 0. The Balaban J connectivity index is 1.91. The molecule has 1 aliphatic heterocycles. The minimum absolute atomic E-state index is 0.0519. The summed E-state index contributed by atoms with van der Waals surface area (Å²) in [5, 5.41) is 21.7. The van der Waals surface area contributed by atoms with Crippen molar-refractivity contribution in [1.29, 1.82) is 0 Å². The number of nitrogens with two attached hydrogens (primary N) is 2. The summed E-state index contributed by atoms with van der Waals surface area (Å²) in [6.45, 7) is 2.89. The Morgan fingerprint density at radius 2 is 1.70 bits per heavy atom. The number of hydrogen-bond acceptors (Lipinski definition) is 10. The number of aliphatic hydroxyl groups is 2. The van der Waals surface area contributed by atoms with Crippen LogP contribution in [0.3, 0.4) is 0 Å². The van der Waals surface area contributed by atoms with E-state index in [2.05, 4.69) is 0 Å². The standard InChI is InChI=1S/C30H48N4O9S/c1-3-22(35)19-26(36)25(18-20-7-5-4-6-8-20)34(27(28(32)37)30(39)42-2)29(38)24(31)17-21-9-11-23(12-10-21)44(40,41)33-13-15-43-16-14-33/h9-12,20,22,24-27,35-36H,3-8,13-19,31H2,1-2H3,(H2,32,37)/t22?,24-,25?,26?,27?/m0/s1. The monoisotopic (exact) mass is 640 g/mol. The molecule has 5 atom stereocenters. The van der Waals surface area contributed by atoms with Crippen LogP contribution >= 0.6 is 0 Å². The lowest BCUT2D eigenvalue weighted by molar-refractivity contribution is -0.162. The number of carbonyl (C=O) groups excluding carboxylic acids is 3. The van der Waals surface area contributed by atoms with Gasteiger partial charge < -0.3 is 36.1 Å². The van der Waals surface area contributed by atoms with E-state index < -0.39 is 58.1 Å². The first-order valence-corrected chi connectivity index (χ1v) is 16.8. The van der Waals surface area contributed by atoms with E-state index in [0.717, 1.165) is 44.1 Å². The van der Waals surface area contributed by atoms with Crippen molar-refractivity contribution >= 4 is 27.8 Å². The van der Waals surface area contributed by atoms with Crippen molar-refractivity contribution in [1.82, 2.24) is 9.21 Å². The van der Waals surface area contributed by atoms with Gasteiger partial charge in [-0.3, -0.25) is 9.59 Å². The van der Waals surface area contributed by atoms with Gasteiger partial charge in [-0.15, -0.1) is 0 Å². The lowest BCUT2D eigenvalue weighted by Crippen LogP contribution is -2.63. The zero-order valence-electron chi connectivity index (χ0n) is 25.7. The number of esters is 1. The molecule has 1 aromatic rings. The van der Waals surface area contributed by atoms with Crippen molar-refractivity contribution in [2.75, 3.05) is 33.4 Å². The van der Waals surface area contributed by atoms with Gasteiger partial charge in [-0.2, -0.15) is 4.31 Å². The molecule has 13 nitrogen and oxygen atoms in total. The zero-order chi connectivity index (χ0) is 32.4. The lowest BCUT2D eigenvalue weighted by atomic mass is 9.82. The van der Waals surface area contributed by atoms with Gasteiger partial charge in [0.1, 0.15) is 0 Å². The molecule has 4 unspecified atom stereocenters. The molecule has 2 fully saturated rings. The van der Waals surface area contributed by atoms with Crippen LogP contribution in [0.5, 0.6) is 0 Å². The Labute approximate surface area is 259 Å². The summed E-state index contributed by atoms with van der Waals surface area (Å²) in [4.78, 5) is 40.7. The van der Waals surface area contributed by atoms with E-state index in [0.29, 0.717) is 25.2 Å². The molecule has 0 bridgehead atoms. The molecule has 2 aliphatic rings. The number of ether oxygens (including phenoxy) is 2. The minimum atomic E-state index is -3.72. The van der Waals surface area contributed by atoms with Crippen LogP contribution in [0.4, 0.5) is 0 Å². The highest BCUT2D eigenvalue weighted by Gasteiger charge is 2.45. The Bertz CT molecular complexity index is 1200. The molecule has 1 heterocycles. The number of primary amides is 1. The molecule has 0 aromatic heterocycles. The molecule has 1 aliphatic carbocycles. The number of carbonyl (C=O) groups is 3. The smallest absolute Gasteiger partial charge is 0.338 e. The fraction of sp³-hybridized carbons (Fsp3) is 0.700. The van der Waals surface area contributed by atoms with Crippen LogP contribution in [0, 0.1) is 5.92 Å². The third-order valence-corrected chi connectivity index (χ3v) is 10.5. The van der Waals surface area contributed by atoms with Crippen molar-refractivity contribution in [3.8, 4) is 0 Å². The third-order valence-electron chi connectivity index (χ3n) is 8.62. The maximum atomic E-state index is 14.1. The number of rotatable bonds is 15. The van der Waals surface area contributed by atoms with Gasteiger partial charge in [-0.05, 0) is 42.9 Å². The van der Waals surface area contributed by atoms with Crippen LogP contribution < -0.4 is 11.5 Å². The number of amides is 2. The number of nitrogens with zero attached hydrogens (tertiary/aromatic N) is 2. The SMILES string of the molecule is CCC(O)CC(O)C(CC1CCCCC1)N(C(=O)[C@@H](N)Cc1ccc(S(=O)(=O)N2CCOCC2)cc1)C(C(N)=O)C(=O)OC. The highest BCUT2D eigenvalue weighted by molar-refractivity contribution is 7.89. The Kier molecular flexibility index (Phi) is 13.5. The summed E-state index contributed by atoms with van der Waals surface area (Å²) < 4.78 is 37.5. The molecule has 1 saturated carbocycles. The highest BCUT2D eigenvalue weighted by atomic mass is 32.2. The summed E-state index contributed by atoms with van der Waals surface area (Å²) in [5.74, 6) is -2.88. The van der Waals surface area contributed by atoms with Gasteiger partial charge >= 0.3 is 5.97 Å². The first kappa shape index (κ1) is 35.9.